The van der Waals surface area contributed by atoms with Crippen LogP contribution in [0.15, 0.2) is 66.7 Å². The number of aryl methyl sites for hydroxylation is 1. The molecule has 3 rings (SSSR count). The fraction of sp³-hybridized carbons (Fsp3) is 0.174. The van der Waals surface area contributed by atoms with Crippen LogP contribution in [0.2, 0.25) is 0 Å². The van der Waals surface area contributed by atoms with Gasteiger partial charge in [-0.25, -0.2) is 0 Å². The van der Waals surface area contributed by atoms with E-state index in [0.29, 0.717) is 16.2 Å². The Labute approximate surface area is 155 Å². The van der Waals surface area contributed by atoms with Gasteiger partial charge in [0.1, 0.15) is 0 Å². The first-order valence-electron chi connectivity index (χ1n) is 8.71. The van der Waals surface area contributed by atoms with Gasteiger partial charge in [-0.2, -0.15) is 0 Å². The van der Waals surface area contributed by atoms with Gasteiger partial charge in [-0.15, -0.1) is 0 Å². The van der Waals surface area contributed by atoms with E-state index in [-0.39, 0.29) is 5.52 Å². The molecule has 0 saturated heterocycles. The first kappa shape index (κ1) is 18.4. The van der Waals surface area contributed by atoms with Crippen LogP contribution in [-0.4, -0.2) is 5.52 Å². The van der Waals surface area contributed by atoms with Crippen molar-refractivity contribution in [2.75, 3.05) is 0 Å². The van der Waals surface area contributed by atoms with E-state index in [0.717, 1.165) is 16.7 Å². The summed E-state index contributed by atoms with van der Waals surface area (Å²) in [6.45, 7) is 8.01. The quantitative estimate of drug-likeness (QED) is 0.607. The molecule has 0 heterocycles. The Balaban J connectivity index is 2.28. The first-order valence-corrected chi connectivity index (χ1v) is 10.4. The third-order valence-corrected chi connectivity index (χ3v) is 8.10. The van der Waals surface area contributed by atoms with E-state index < -0.39 is 7.14 Å². The summed E-state index contributed by atoms with van der Waals surface area (Å²) in [6, 6.07) is 20.1. The van der Waals surface area contributed by atoms with Gasteiger partial charge in [-0.1, -0.05) is 60.7 Å². The SMILES string of the molecule is Cc1cc(C(=O)P(=O)(c2ccccc2)c2ccccc2)c(C)c(C)c1C. The molecule has 0 aromatic heterocycles. The van der Waals surface area contributed by atoms with Crippen LogP contribution in [0, 0.1) is 27.7 Å². The first-order chi connectivity index (χ1) is 12.4. The average molecular weight is 362 g/mol. The third kappa shape index (κ3) is 2.95. The Hall–Kier alpha value is -2.44. The molecule has 0 aliphatic carbocycles. The second-order valence-electron chi connectivity index (χ2n) is 6.70. The van der Waals surface area contributed by atoms with Crippen LogP contribution >= 0.6 is 7.14 Å². The Morgan fingerprint density at radius 2 is 1.15 bits per heavy atom. The lowest BCUT2D eigenvalue weighted by atomic mass is 9.95. The van der Waals surface area contributed by atoms with Crippen LogP contribution in [0.3, 0.4) is 0 Å². The second-order valence-corrected chi connectivity index (χ2v) is 9.36. The Bertz CT molecular complexity index is 962. The Morgan fingerprint density at radius 3 is 1.62 bits per heavy atom. The van der Waals surface area contributed by atoms with Gasteiger partial charge in [-0.3, -0.25) is 4.79 Å². The van der Waals surface area contributed by atoms with Crippen molar-refractivity contribution in [2.24, 2.45) is 0 Å². The number of hydrogen-bond donors (Lipinski definition) is 0. The smallest absolute Gasteiger partial charge is 0.230 e. The molecule has 0 unspecified atom stereocenters. The van der Waals surface area contributed by atoms with E-state index in [4.69, 9.17) is 0 Å². The van der Waals surface area contributed by atoms with Crippen molar-refractivity contribution < 1.29 is 9.36 Å². The lowest BCUT2D eigenvalue weighted by Gasteiger charge is -2.21. The minimum Gasteiger partial charge on any atom is -0.305 e. The van der Waals surface area contributed by atoms with Crippen LogP contribution < -0.4 is 10.6 Å². The molecule has 132 valence electrons. The molecule has 26 heavy (non-hydrogen) atoms. The molecular formula is C23H23O2P. The van der Waals surface area contributed by atoms with Crippen LogP contribution in [0.25, 0.3) is 0 Å². The second kappa shape index (κ2) is 7.05. The molecular weight excluding hydrogens is 339 g/mol. The van der Waals surface area contributed by atoms with Gasteiger partial charge in [0.15, 0.2) is 0 Å². The monoisotopic (exact) mass is 362 g/mol. The Kier molecular flexibility index (Phi) is 4.98. The van der Waals surface area contributed by atoms with Crippen molar-refractivity contribution >= 4 is 23.3 Å². The topological polar surface area (TPSA) is 34.1 Å². The molecule has 2 nitrogen and oxygen atoms in total. The highest BCUT2D eigenvalue weighted by Gasteiger charge is 2.37. The minimum absolute atomic E-state index is 0.293. The van der Waals surface area contributed by atoms with Gasteiger partial charge < -0.3 is 4.57 Å². The number of benzene rings is 3. The van der Waals surface area contributed by atoms with Gasteiger partial charge >= 0.3 is 0 Å². The highest BCUT2D eigenvalue weighted by Crippen LogP contribution is 2.47. The van der Waals surface area contributed by atoms with Crippen LogP contribution in [0.4, 0.5) is 0 Å². The summed E-state index contributed by atoms with van der Waals surface area (Å²) in [7, 11) is -3.46. The summed E-state index contributed by atoms with van der Waals surface area (Å²) >= 11 is 0. The maximum Gasteiger partial charge on any atom is 0.230 e. The van der Waals surface area contributed by atoms with Crippen molar-refractivity contribution in [1.82, 2.24) is 0 Å². The molecule has 3 aromatic rings. The highest BCUT2D eigenvalue weighted by atomic mass is 31.2. The predicted octanol–water partition coefficient (Wildman–Crippen LogP) is 5.07. The maximum atomic E-state index is 14.2. The molecule has 0 N–H and O–H groups in total. The number of rotatable bonds is 4. The van der Waals surface area contributed by atoms with Gasteiger partial charge in [0.2, 0.25) is 12.7 Å². The average Bonchev–Trinajstić information content (AvgIpc) is 2.69. The summed E-state index contributed by atoms with van der Waals surface area (Å²) in [6.07, 6.45) is 0. The van der Waals surface area contributed by atoms with Gasteiger partial charge in [-0.05, 0) is 56.0 Å². The van der Waals surface area contributed by atoms with E-state index in [9.17, 15) is 9.36 Å². The standard InChI is InChI=1S/C23H23O2P/c1-16-15-22(19(4)18(3)17(16)2)23(24)26(25,20-11-7-5-8-12-20)21-13-9-6-10-14-21/h5-15H,1-4H3. The van der Waals surface area contributed by atoms with Crippen molar-refractivity contribution in [3.05, 3.63) is 94.5 Å². The molecule has 0 radical (unpaired) electrons. The summed E-state index contributed by atoms with van der Waals surface area (Å²) in [5.74, 6) is 0. The zero-order chi connectivity index (χ0) is 18.9. The highest BCUT2D eigenvalue weighted by molar-refractivity contribution is 7.93. The van der Waals surface area contributed by atoms with Crippen molar-refractivity contribution in [1.29, 1.82) is 0 Å². The summed E-state index contributed by atoms with van der Waals surface area (Å²) in [4.78, 5) is 13.6. The zero-order valence-electron chi connectivity index (χ0n) is 15.6. The lowest BCUT2D eigenvalue weighted by Crippen LogP contribution is -2.23. The molecule has 3 aromatic carbocycles. The van der Waals surface area contributed by atoms with Crippen molar-refractivity contribution in [3.63, 3.8) is 0 Å². The summed E-state index contributed by atoms with van der Waals surface area (Å²) in [5.41, 5.74) is 4.48. The Morgan fingerprint density at radius 1 is 0.692 bits per heavy atom. The fourth-order valence-corrected chi connectivity index (χ4v) is 5.79. The van der Waals surface area contributed by atoms with E-state index in [1.54, 1.807) is 24.3 Å². The van der Waals surface area contributed by atoms with Crippen LogP contribution in [-0.2, 0) is 4.57 Å². The molecule has 0 spiro atoms. The lowest BCUT2D eigenvalue weighted by molar-refractivity contribution is 0.107. The summed E-state index contributed by atoms with van der Waals surface area (Å²) in [5, 5.41) is 1.15. The molecule has 0 aliphatic rings. The fourth-order valence-electron chi connectivity index (χ4n) is 3.26. The number of hydrogen-bond acceptors (Lipinski definition) is 2. The van der Waals surface area contributed by atoms with E-state index in [1.807, 2.05) is 63.2 Å². The van der Waals surface area contributed by atoms with Crippen molar-refractivity contribution in [3.8, 4) is 0 Å². The summed E-state index contributed by atoms with van der Waals surface area (Å²) < 4.78 is 14.2. The third-order valence-electron chi connectivity index (χ3n) is 5.24. The predicted molar refractivity (Wildman–Crippen MR) is 109 cm³/mol. The van der Waals surface area contributed by atoms with Crippen LogP contribution in [0.1, 0.15) is 32.6 Å². The largest absolute Gasteiger partial charge is 0.305 e. The molecule has 0 saturated carbocycles. The molecule has 0 bridgehead atoms. The maximum absolute atomic E-state index is 14.2. The van der Waals surface area contributed by atoms with Crippen molar-refractivity contribution in [2.45, 2.75) is 27.7 Å². The molecule has 0 amide bonds. The number of carbonyl (C=O) groups is 1. The van der Waals surface area contributed by atoms with Gasteiger partial charge in [0, 0.05) is 16.2 Å². The zero-order valence-corrected chi connectivity index (χ0v) is 16.5. The van der Waals surface area contributed by atoms with E-state index in [1.165, 1.54) is 5.56 Å². The van der Waals surface area contributed by atoms with E-state index >= 15 is 0 Å². The van der Waals surface area contributed by atoms with E-state index in [2.05, 4.69) is 6.92 Å². The van der Waals surface area contributed by atoms with Crippen LogP contribution in [0.5, 0.6) is 0 Å². The van der Waals surface area contributed by atoms with Gasteiger partial charge in [0.05, 0.1) is 0 Å². The molecule has 3 heteroatoms. The molecule has 0 atom stereocenters. The van der Waals surface area contributed by atoms with Gasteiger partial charge in [0.25, 0.3) is 0 Å². The molecule has 0 aliphatic heterocycles. The number of carbonyl (C=O) groups excluding carboxylic acids is 1. The molecule has 0 fully saturated rings. The normalized spacial score (nSPS) is 11.4. The minimum atomic E-state index is -3.46.